The molecule has 2 aromatic heterocycles. The minimum atomic E-state index is -1.28. The number of fused-ring (bicyclic) bond motifs is 1. The molecule has 0 bridgehead atoms. The number of benzene rings is 2. The third-order valence-electron chi connectivity index (χ3n) is 7.14. The van der Waals surface area contributed by atoms with Crippen LogP contribution in [0.5, 0.6) is 0 Å². The normalized spacial score (nSPS) is 21.6. The lowest BCUT2D eigenvalue weighted by atomic mass is 9.57. The second-order valence-corrected chi connectivity index (χ2v) is 10.1. The first-order valence-electron chi connectivity index (χ1n) is 12.1. The lowest BCUT2D eigenvalue weighted by molar-refractivity contribution is 0.0138. The van der Waals surface area contributed by atoms with E-state index in [4.69, 9.17) is 9.15 Å². The molecule has 8 heteroatoms. The summed E-state index contributed by atoms with van der Waals surface area (Å²) in [4.78, 5) is 13.7. The van der Waals surface area contributed by atoms with Gasteiger partial charge in [0.25, 0.3) is 0 Å². The van der Waals surface area contributed by atoms with Crippen molar-refractivity contribution in [1.82, 2.24) is 20.1 Å². The molecule has 0 amide bonds. The van der Waals surface area contributed by atoms with Gasteiger partial charge >= 0.3 is 0 Å². The average Bonchev–Trinajstić information content (AvgIpc) is 3.27. The van der Waals surface area contributed by atoms with Crippen LogP contribution in [0.2, 0.25) is 0 Å². The number of ether oxygens (including phenoxy) is 1. The Bertz CT molecular complexity index is 1470. The molecule has 1 aliphatic carbocycles. The first-order chi connectivity index (χ1) is 17.2. The van der Waals surface area contributed by atoms with Crippen LogP contribution in [-0.2, 0) is 23.7 Å². The van der Waals surface area contributed by atoms with E-state index in [1.54, 1.807) is 20.4 Å². The number of alkyl halides is 1. The lowest BCUT2D eigenvalue weighted by Crippen LogP contribution is -2.52. The Kier molecular flexibility index (Phi) is 6.26. The van der Waals surface area contributed by atoms with Crippen LogP contribution >= 0.6 is 0 Å². The highest BCUT2D eigenvalue weighted by Crippen LogP contribution is 2.55. The maximum absolute atomic E-state index is 14.8. The number of hydrogen-bond donors (Lipinski definition) is 1. The molecular weight excluding hydrogens is 459 g/mol. The van der Waals surface area contributed by atoms with E-state index < -0.39 is 11.1 Å². The summed E-state index contributed by atoms with van der Waals surface area (Å²) in [7, 11) is 3.54. The third-order valence-corrected chi connectivity index (χ3v) is 7.14. The van der Waals surface area contributed by atoms with Crippen molar-refractivity contribution in [2.75, 3.05) is 20.3 Å². The van der Waals surface area contributed by atoms with Crippen LogP contribution in [-0.4, -0.2) is 40.7 Å². The van der Waals surface area contributed by atoms with E-state index in [0.717, 1.165) is 34.6 Å². The molecule has 0 saturated heterocycles. The Morgan fingerprint density at radius 2 is 2.06 bits per heavy atom. The number of aromatic nitrogens is 3. The van der Waals surface area contributed by atoms with Crippen LogP contribution < -0.4 is 10.7 Å². The van der Waals surface area contributed by atoms with Crippen LogP contribution in [0.4, 0.5) is 4.39 Å². The fourth-order valence-corrected chi connectivity index (χ4v) is 5.60. The van der Waals surface area contributed by atoms with Crippen molar-refractivity contribution < 1.29 is 13.5 Å². The van der Waals surface area contributed by atoms with Crippen LogP contribution in [0.15, 0.2) is 58.2 Å². The van der Waals surface area contributed by atoms with Gasteiger partial charge in [-0.05, 0) is 61.1 Å². The Labute approximate surface area is 209 Å². The average molecular weight is 491 g/mol. The van der Waals surface area contributed by atoms with Crippen molar-refractivity contribution in [3.8, 4) is 11.1 Å². The number of methoxy groups -OCH3 is 1. The lowest BCUT2D eigenvalue weighted by Gasteiger charge is -2.49. The molecule has 4 aromatic rings. The molecule has 1 fully saturated rings. The molecule has 1 aliphatic rings. The molecule has 5 rings (SSSR count). The van der Waals surface area contributed by atoms with Gasteiger partial charge in [0.05, 0.1) is 23.0 Å². The van der Waals surface area contributed by atoms with Crippen LogP contribution in [0.3, 0.4) is 0 Å². The summed E-state index contributed by atoms with van der Waals surface area (Å²) in [5.74, 6) is 0.724. The van der Waals surface area contributed by atoms with Crippen molar-refractivity contribution in [3.63, 3.8) is 0 Å². The van der Waals surface area contributed by atoms with Crippen LogP contribution in [0.25, 0.3) is 22.1 Å². The predicted octanol–water partition coefficient (Wildman–Crippen LogP) is 4.44. The molecule has 0 aliphatic heterocycles. The van der Waals surface area contributed by atoms with Crippen molar-refractivity contribution in [2.24, 2.45) is 7.05 Å². The van der Waals surface area contributed by atoms with E-state index in [1.807, 2.05) is 54.9 Å². The third kappa shape index (κ3) is 4.24. The van der Waals surface area contributed by atoms with E-state index in [2.05, 4.69) is 15.5 Å². The summed E-state index contributed by atoms with van der Waals surface area (Å²) in [5.41, 5.74) is 2.66. The van der Waals surface area contributed by atoms with Gasteiger partial charge in [0.1, 0.15) is 29.7 Å². The van der Waals surface area contributed by atoms with Crippen LogP contribution in [0, 0.1) is 6.92 Å². The molecule has 188 valence electrons. The van der Waals surface area contributed by atoms with Gasteiger partial charge in [-0.3, -0.25) is 4.79 Å². The van der Waals surface area contributed by atoms with Crippen LogP contribution in [0.1, 0.15) is 42.3 Å². The van der Waals surface area contributed by atoms with Gasteiger partial charge in [-0.25, -0.2) is 4.39 Å². The number of halogens is 1. The predicted molar refractivity (Wildman–Crippen MR) is 137 cm³/mol. The standard InChI is InChI=1S/C28H31FN4O3/c1-18-10-19(13-30-8-9-35-4)11-22-24(34)23(14-36-25(18)22)20-6-5-7-21(12-20)28(15-27(2,29)16-28)26-32-31-17-33(26)3/h5-7,10-12,14,17,30H,8-9,13,15-16H2,1-4H3. The molecule has 0 spiro atoms. The summed E-state index contributed by atoms with van der Waals surface area (Å²) in [6.45, 7) is 5.53. The van der Waals surface area contributed by atoms with Gasteiger partial charge in [0.15, 0.2) is 0 Å². The number of aryl methyl sites for hydroxylation is 2. The van der Waals surface area contributed by atoms with Crippen molar-refractivity contribution >= 4 is 11.0 Å². The summed E-state index contributed by atoms with van der Waals surface area (Å²) in [5, 5.41) is 12.2. The summed E-state index contributed by atoms with van der Waals surface area (Å²) >= 11 is 0. The van der Waals surface area contributed by atoms with Gasteiger partial charge in [0.2, 0.25) is 5.43 Å². The van der Waals surface area contributed by atoms with Crippen molar-refractivity contribution in [1.29, 1.82) is 0 Å². The molecule has 1 N–H and O–H groups in total. The van der Waals surface area contributed by atoms with Crippen molar-refractivity contribution in [2.45, 2.75) is 44.3 Å². The summed E-state index contributed by atoms with van der Waals surface area (Å²) in [6, 6.07) is 11.7. The van der Waals surface area contributed by atoms with Crippen molar-refractivity contribution in [3.05, 3.63) is 81.7 Å². The van der Waals surface area contributed by atoms with Gasteiger partial charge in [0, 0.05) is 27.2 Å². The van der Waals surface area contributed by atoms with Gasteiger partial charge < -0.3 is 19.0 Å². The Hall–Kier alpha value is -3.36. The zero-order valence-corrected chi connectivity index (χ0v) is 21.1. The summed E-state index contributed by atoms with van der Waals surface area (Å²) < 4.78 is 27.7. The van der Waals surface area contributed by atoms with Gasteiger partial charge in [-0.1, -0.05) is 24.3 Å². The molecule has 2 aromatic carbocycles. The SMILES string of the molecule is COCCNCc1cc(C)c2occ(-c3cccc(C4(c5nncn5C)CC(C)(F)C4)c3)c(=O)c2c1. The minimum absolute atomic E-state index is 0.0908. The highest BCUT2D eigenvalue weighted by atomic mass is 19.1. The Balaban J connectivity index is 1.55. The second-order valence-electron chi connectivity index (χ2n) is 10.1. The highest BCUT2D eigenvalue weighted by Gasteiger charge is 2.57. The van der Waals surface area contributed by atoms with Gasteiger partial charge in [-0.2, -0.15) is 0 Å². The molecule has 0 atom stereocenters. The maximum Gasteiger partial charge on any atom is 0.200 e. The highest BCUT2D eigenvalue weighted by molar-refractivity contribution is 5.84. The molecule has 0 unspecified atom stereocenters. The quantitative estimate of drug-likeness (QED) is 0.368. The molecule has 0 radical (unpaired) electrons. The first kappa shape index (κ1) is 24.3. The first-order valence-corrected chi connectivity index (χ1v) is 12.1. The fourth-order valence-electron chi connectivity index (χ4n) is 5.60. The zero-order chi connectivity index (χ0) is 25.5. The number of nitrogens with one attached hydrogen (secondary N) is 1. The molecule has 7 nitrogen and oxygen atoms in total. The molecule has 2 heterocycles. The molecular formula is C28H31FN4O3. The number of rotatable bonds is 8. The van der Waals surface area contributed by atoms with Gasteiger partial charge in [-0.15, -0.1) is 10.2 Å². The van der Waals surface area contributed by atoms with E-state index >= 15 is 0 Å². The number of nitrogens with zero attached hydrogens (tertiary/aromatic N) is 3. The Morgan fingerprint density at radius 3 is 2.75 bits per heavy atom. The monoisotopic (exact) mass is 490 g/mol. The smallest absolute Gasteiger partial charge is 0.200 e. The van der Waals surface area contributed by atoms with E-state index in [-0.39, 0.29) is 5.43 Å². The van der Waals surface area contributed by atoms with E-state index in [1.165, 1.54) is 6.26 Å². The topological polar surface area (TPSA) is 82.2 Å². The zero-order valence-electron chi connectivity index (χ0n) is 21.1. The molecule has 36 heavy (non-hydrogen) atoms. The van der Waals surface area contributed by atoms with E-state index in [9.17, 15) is 9.18 Å². The van der Waals surface area contributed by atoms with E-state index in [0.29, 0.717) is 42.5 Å². The largest absolute Gasteiger partial charge is 0.463 e. The maximum atomic E-state index is 14.8. The summed E-state index contributed by atoms with van der Waals surface area (Å²) in [6.07, 6.45) is 3.78. The number of hydrogen-bond acceptors (Lipinski definition) is 6. The molecule has 1 saturated carbocycles. The fraction of sp³-hybridized carbons (Fsp3) is 0.393. The minimum Gasteiger partial charge on any atom is -0.463 e. The Morgan fingerprint density at radius 1 is 1.25 bits per heavy atom. The second kappa shape index (κ2) is 9.26.